The average molecular weight is 330 g/mol. The zero-order valence-corrected chi connectivity index (χ0v) is 14.2. The second-order valence-electron chi connectivity index (χ2n) is 6.27. The third-order valence-corrected chi connectivity index (χ3v) is 6.42. The molecule has 1 N–H and O–H groups in total. The van der Waals surface area contributed by atoms with Crippen LogP contribution in [0.4, 0.5) is 0 Å². The van der Waals surface area contributed by atoms with Gasteiger partial charge in [-0.2, -0.15) is 11.3 Å². The summed E-state index contributed by atoms with van der Waals surface area (Å²) >= 11 is 5.51. The zero-order chi connectivity index (χ0) is 13.3. The summed E-state index contributed by atoms with van der Waals surface area (Å²) in [4.78, 5) is 0. The van der Waals surface area contributed by atoms with Crippen LogP contribution in [0.3, 0.4) is 0 Å². The van der Waals surface area contributed by atoms with Crippen molar-refractivity contribution in [2.45, 2.75) is 51.5 Å². The molecule has 1 aliphatic carbocycles. The molecule has 1 aliphatic rings. The lowest BCUT2D eigenvalue weighted by atomic mass is 9.64. The second-order valence-corrected chi connectivity index (χ2v) is 7.87. The van der Waals surface area contributed by atoms with Gasteiger partial charge in [-0.1, -0.05) is 27.2 Å². The van der Waals surface area contributed by atoms with Gasteiger partial charge >= 0.3 is 0 Å². The third-order valence-electron chi connectivity index (χ3n) is 4.72. The van der Waals surface area contributed by atoms with Crippen molar-refractivity contribution < 1.29 is 0 Å². The van der Waals surface area contributed by atoms with Gasteiger partial charge in [0.15, 0.2) is 0 Å². The van der Waals surface area contributed by atoms with E-state index < -0.39 is 0 Å². The first-order chi connectivity index (χ1) is 8.46. The standard InChI is InChI=1S/C15H24BrNS/c1-10-5-6-11(14(7-10)17-4)15(2,3)12-8-18-9-13(12)16/h8-11,14,17H,5-7H2,1-4H3. The molecule has 0 aliphatic heterocycles. The highest BCUT2D eigenvalue weighted by Crippen LogP contribution is 2.45. The van der Waals surface area contributed by atoms with Crippen molar-refractivity contribution in [2.75, 3.05) is 7.05 Å². The zero-order valence-electron chi connectivity index (χ0n) is 11.8. The number of nitrogens with one attached hydrogen (secondary N) is 1. The van der Waals surface area contributed by atoms with Crippen molar-refractivity contribution >= 4 is 27.3 Å². The summed E-state index contributed by atoms with van der Waals surface area (Å²) in [6, 6.07) is 0.649. The first-order valence-electron chi connectivity index (χ1n) is 6.86. The first-order valence-corrected chi connectivity index (χ1v) is 8.59. The molecule has 3 atom stereocenters. The summed E-state index contributed by atoms with van der Waals surface area (Å²) < 4.78 is 1.28. The molecule has 1 aromatic heterocycles. The number of rotatable bonds is 3. The molecule has 3 unspecified atom stereocenters. The van der Waals surface area contributed by atoms with Crippen molar-refractivity contribution in [3.63, 3.8) is 0 Å². The predicted molar refractivity (Wildman–Crippen MR) is 84.4 cm³/mol. The average Bonchev–Trinajstić information content (AvgIpc) is 2.75. The Hall–Kier alpha value is 0.140. The van der Waals surface area contributed by atoms with Gasteiger partial charge in [0.05, 0.1) is 0 Å². The minimum Gasteiger partial charge on any atom is -0.317 e. The van der Waals surface area contributed by atoms with Crippen LogP contribution in [0.25, 0.3) is 0 Å². The Labute approximate surface area is 123 Å². The van der Waals surface area contributed by atoms with E-state index in [4.69, 9.17) is 0 Å². The van der Waals surface area contributed by atoms with Crippen LogP contribution >= 0.6 is 27.3 Å². The van der Waals surface area contributed by atoms with Gasteiger partial charge in [0, 0.05) is 15.9 Å². The lowest BCUT2D eigenvalue weighted by molar-refractivity contribution is 0.151. The van der Waals surface area contributed by atoms with E-state index in [9.17, 15) is 0 Å². The molecule has 0 bridgehead atoms. The molecule has 1 aromatic rings. The fourth-order valence-electron chi connectivity index (χ4n) is 3.50. The number of halogens is 1. The van der Waals surface area contributed by atoms with Crippen LogP contribution in [0, 0.1) is 11.8 Å². The fourth-order valence-corrected chi connectivity index (χ4v) is 5.49. The van der Waals surface area contributed by atoms with Crippen molar-refractivity contribution in [1.29, 1.82) is 0 Å². The summed E-state index contributed by atoms with van der Waals surface area (Å²) in [5.41, 5.74) is 1.72. The summed E-state index contributed by atoms with van der Waals surface area (Å²) in [7, 11) is 2.12. The van der Waals surface area contributed by atoms with Crippen LogP contribution < -0.4 is 5.32 Å². The fraction of sp³-hybridized carbons (Fsp3) is 0.733. The highest BCUT2D eigenvalue weighted by molar-refractivity contribution is 9.10. The molecule has 1 heterocycles. The quantitative estimate of drug-likeness (QED) is 0.838. The predicted octanol–water partition coefficient (Wildman–Crippen LogP) is 4.81. The van der Waals surface area contributed by atoms with Crippen LogP contribution in [0.5, 0.6) is 0 Å². The van der Waals surface area contributed by atoms with Gasteiger partial charge in [0.2, 0.25) is 0 Å². The molecule has 18 heavy (non-hydrogen) atoms. The van der Waals surface area contributed by atoms with Crippen LogP contribution in [0.15, 0.2) is 15.2 Å². The summed E-state index contributed by atoms with van der Waals surface area (Å²) in [6.07, 6.45) is 4.02. The van der Waals surface area contributed by atoms with E-state index in [-0.39, 0.29) is 5.41 Å². The maximum Gasteiger partial charge on any atom is 0.0319 e. The largest absolute Gasteiger partial charge is 0.317 e. The summed E-state index contributed by atoms with van der Waals surface area (Å²) in [6.45, 7) is 7.20. The molecule has 3 heteroatoms. The highest BCUT2D eigenvalue weighted by Gasteiger charge is 2.40. The Kier molecular flexibility index (Phi) is 4.56. The molecule has 1 saturated carbocycles. The Morgan fingerprint density at radius 1 is 1.33 bits per heavy atom. The number of thiophene rings is 1. The molecular weight excluding hydrogens is 306 g/mol. The van der Waals surface area contributed by atoms with Crippen LogP contribution in [0.1, 0.15) is 45.6 Å². The summed E-state index contributed by atoms with van der Waals surface area (Å²) in [5, 5.41) is 8.08. The lowest BCUT2D eigenvalue weighted by Crippen LogP contribution is -2.47. The van der Waals surface area contributed by atoms with Crippen molar-refractivity contribution in [3.8, 4) is 0 Å². The molecule has 0 amide bonds. The van der Waals surface area contributed by atoms with E-state index in [1.165, 1.54) is 29.3 Å². The van der Waals surface area contributed by atoms with Crippen molar-refractivity contribution in [2.24, 2.45) is 11.8 Å². The van der Waals surface area contributed by atoms with E-state index in [1.807, 2.05) is 0 Å². The van der Waals surface area contributed by atoms with Gasteiger partial charge in [-0.3, -0.25) is 0 Å². The van der Waals surface area contributed by atoms with Crippen LogP contribution in [-0.2, 0) is 5.41 Å². The van der Waals surface area contributed by atoms with Gasteiger partial charge < -0.3 is 5.32 Å². The molecule has 0 radical (unpaired) electrons. The van der Waals surface area contributed by atoms with Gasteiger partial charge in [-0.05, 0) is 64.0 Å². The number of hydrogen-bond donors (Lipinski definition) is 1. The topological polar surface area (TPSA) is 12.0 Å². The third kappa shape index (κ3) is 2.68. The highest BCUT2D eigenvalue weighted by atomic mass is 79.9. The Balaban J connectivity index is 2.26. The molecule has 2 rings (SSSR count). The monoisotopic (exact) mass is 329 g/mol. The summed E-state index contributed by atoms with van der Waals surface area (Å²) in [5.74, 6) is 1.59. The molecule has 102 valence electrons. The van der Waals surface area contributed by atoms with E-state index in [0.717, 1.165) is 11.8 Å². The molecule has 0 spiro atoms. The number of hydrogen-bond acceptors (Lipinski definition) is 2. The van der Waals surface area contributed by atoms with Crippen molar-refractivity contribution in [3.05, 3.63) is 20.8 Å². The second kappa shape index (κ2) is 5.64. The smallest absolute Gasteiger partial charge is 0.0319 e. The molecular formula is C15H24BrNS. The molecule has 1 nitrogen and oxygen atoms in total. The van der Waals surface area contributed by atoms with Crippen LogP contribution in [0.2, 0.25) is 0 Å². The molecule has 0 aromatic carbocycles. The van der Waals surface area contributed by atoms with E-state index in [2.05, 4.69) is 59.8 Å². The van der Waals surface area contributed by atoms with E-state index in [0.29, 0.717) is 6.04 Å². The van der Waals surface area contributed by atoms with Gasteiger partial charge in [-0.15, -0.1) is 0 Å². The first kappa shape index (κ1) is 14.5. The SMILES string of the molecule is CNC1CC(C)CCC1C(C)(C)c1cscc1Br. The Morgan fingerprint density at radius 2 is 2.06 bits per heavy atom. The molecule has 0 saturated heterocycles. The maximum atomic E-state index is 3.71. The Bertz CT molecular complexity index is 399. The van der Waals surface area contributed by atoms with Gasteiger partial charge in [-0.25, -0.2) is 0 Å². The molecule has 1 fully saturated rings. The van der Waals surface area contributed by atoms with Crippen LogP contribution in [-0.4, -0.2) is 13.1 Å². The maximum absolute atomic E-state index is 3.71. The van der Waals surface area contributed by atoms with E-state index in [1.54, 1.807) is 11.3 Å². The normalized spacial score (nSPS) is 29.5. The van der Waals surface area contributed by atoms with Crippen molar-refractivity contribution in [1.82, 2.24) is 5.32 Å². The lowest BCUT2D eigenvalue weighted by Gasteiger charge is -2.44. The van der Waals surface area contributed by atoms with Gasteiger partial charge in [0.25, 0.3) is 0 Å². The van der Waals surface area contributed by atoms with Gasteiger partial charge in [0.1, 0.15) is 0 Å². The minimum atomic E-state index is 0.243. The van der Waals surface area contributed by atoms with E-state index >= 15 is 0 Å². The Morgan fingerprint density at radius 3 is 2.61 bits per heavy atom. The minimum absolute atomic E-state index is 0.243.